The fourth-order valence-corrected chi connectivity index (χ4v) is 9.52. The summed E-state index contributed by atoms with van der Waals surface area (Å²) in [6.45, 7) is 14.5. The third-order valence-electron chi connectivity index (χ3n) is 11.2. The maximum absolute atomic E-state index is 14.5. The first-order chi connectivity index (χ1) is 24.9. The SMILES string of the molecule is CCCN1C[C@H](C)C[C@@H](OC)[C@H](O[C@H]2C[C@@H](N(C)C)C[C@@H](C)O2)[C@@H](C)C(=O)C(C)(C)C(=O)O[C@@H](C)[C@@H]1C(=O)N1CCN(S(=O)(=O)c2ccccc2)CC1. The van der Waals surface area contributed by atoms with E-state index in [0.29, 0.717) is 25.9 Å². The van der Waals surface area contributed by atoms with Crippen molar-refractivity contribution in [2.24, 2.45) is 17.3 Å². The number of carbonyl (C=O) groups excluding carboxylic acids is 3. The van der Waals surface area contributed by atoms with E-state index >= 15 is 0 Å². The van der Waals surface area contributed by atoms with E-state index in [1.54, 1.807) is 70.0 Å². The number of amides is 1. The standard InChI is InChI=1S/C39H64N4O9S/c1-11-17-42-25-26(2)22-32(49-10)35(52-33-24-30(40(8)9)23-27(3)50-33)28(4)36(44)39(6,7)38(46)51-29(5)34(42)37(45)41-18-20-43(21-19-41)53(47,48)31-15-13-12-14-16-31/h12-16,26-30,32-35H,11,17-25H2,1-10H3/t26-,27-,28-,29+,30+,32-,33+,34-,35-/m1/s1. The lowest BCUT2D eigenvalue weighted by Gasteiger charge is -2.42. The number of rotatable bonds is 9. The summed E-state index contributed by atoms with van der Waals surface area (Å²) in [6.07, 6.45) is 0.0456. The number of benzene rings is 1. The van der Waals surface area contributed by atoms with E-state index in [0.717, 1.165) is 12.8 Å². The van der Waals surface area contributed by atoms with Crippen LogP contribution in [0.5, 0.6) is 0 Å². The Bertz CT molecular complexity index is 1480. The van der Waals surface area contributed by atoms with Gasteiger partial charge in [-0.2, -0.15) is 4.31 Å². The summed E-state index contributed by atoms with van der Waals surface area (Å²) < 4.78 is 53.2. The van der Waals surface area contributed by atoms with Gasteiger partial charge in [0.2, 0.25) is 15.9 Å². The fraction of sp³-hybridized carbons (Fsp3) is 0.769. The molecule has 3 aliphatic rings. The maximum atomic E-state index is 14.5. The van der Waals surface area contributed by atoms with Crippen LogP contribution in [0.3, 0.4) is 0 Å². The van der Waals surface area contributed by atoms with Crippen LogP contribution in [0.15, 0.2) is 35.2 Å². The largest absolute Gasteiger partial charge is 0.460 e. The molecule has 1 aromatic carbocycles. The molecule has 0 unspecified atom stereocenters. The van der Waals surface area contributed by atoms with Crippen molar-refractivity contribution in [1.82, 2.24) is 19.0 Å². The minimum absolute atomic E-state index is 0.0135. The Morgan fingerprint density at radius 2 is 1.62 bits per heavy atom. The van der Waals surface area contributed by atoms with E-state index in [2.05, 4.69) is 16.7 Å². The van der Waals surface area contributed by atoms with E-state index in [1.165, 1.54) is 4.31 Å². The van der Waals surface area contributed by atoms with Gasteiger partial charge in [-0.25, -0.2) is 8.42 Å². The van der Waals surface area contributed by atoms with Gasteiger partial charge in [0.25, 0.3) is 0 Å². The minimum atomic E-state index is -3.71. The summed E-state index contributed by atoms with van der Waals surface area (Å²) in [6, 6.07) is 7.67. The molecule has 1 aromatic rings. The van der Waals surface area contributed by atoms with Crippen LogP contribution in [0.1, 0.15) is 74.1 Å². The number of methoxy groups -OCH3 is 1. The molecule has 0 aromatic heterocycles. The van der Waals surface area contributed by atoms with Crippen LogP contribution in [0.4, 0.5) is 0 Å². The second-order valence-electron chi connectivity index (χ2n) is 16.1. The molecular formula is C39H64N4O9S. The highest BCUT2D eigenvalue weighted by atomic mass is 32.2. The van der Waals surface area contributed by atoms with Crippen LogP contribution in [0, 0.1) is 17.3 Å². The second kappa shape index (κ2) is 18.4. The van der Waals surface area contributed by atoms with Gasteiger partial charge in [0.15, 0.2) is 12.1 Å². The average Bonchev–Trinajstić information content (AvgIpc) is 3.12. The first-order valence-electron chi connectivity index (χ1n) is 19.3. The summed E-state index contributed by atoms with van der Waals surface area (Å²) >= 11 is 0. The molecule has 3 aliphatic heterocycles. The van der Waals surface area contributed by atoms with Crippen molar-refractivity contribution >= 4 is 27.7 Å². The first kappa shape index (κ1) is 43.3. The second-order valence-corrected chi connectivity index (χ2v) is 18.0. The van der Waals surface area contributed by atoms with Crippen molar-refractivity contribution in [3.63, 3.8) is 0 Å². The molecule has 3 saturated heterocycles. The van der Waals surface area contributed by atoms with E-state index in [1.807, 2.05) is 27.9 Å². The molecule has 0 aliphatic carbocycles. The highest BCUT2D eigenvalue weighted by Gasteiger charge is 2.48. The van der Waals surface area contributed by atoms with Crippen LogP contribution < -0.4 is 0 Å². The molecule has 300 valence electrons. The number of nitrogens with zero attached hydrogens (tertiary/aromatic N) is 4. The molecule has 1 amide bonds. The Kier molecular flexibility index (Phi) is 15.1. The van der Waals surface area contributed by atoms with E-state index in [9.17, 15) is 22.8 Å². The zero-order chi connectivity index (χ0) is 39.2. The highest BCUT2D eigenvalue weighted by Crippen LogP contribution is 2.34. The van der Waals surface area contributed by atoms with Crippen molar-refractivity contribution in [3.05, 3.63) is 30.3 Å². The Balaban J connectivity index is 1.63. The molecule has 13 nitrogen and oxygen atoms in total. The predicted molar refractivity (Wildman–Crippen MR) is 201 cm³/mol. The zero-order valence-corrected chi connectivity index (χ0v) is 34.3. The Morgan fingerprint density at radius 1 is 0.981 bits per heavy atom. The molecule has 9 atom stereocenters. The topological polar surface area (TPSA) is 135 Å². The summed E-state index contributed by atoms with van der Waals surface area (Å²) in [7, 11) is 1.98. The zero-order valence-electron chi connectivity index (χ0n) is 33.5. The Morgan fingerprint density at radius 3 is 2.21 bits per heavy atom. The van der Waals surface area contributed by atoms with Gasteiger partial charge in [-0.05, 0) is 85.6 Å². The van der Waals surface area contributed by atoms with E-state index in [4.69, 9.17) is 18.9 Å². The van der Waals surface area contributed by atoms with E-state index in [-0.39, 0.29) is 60.8 Å². The predicted octanol–water partition coefficient (Wildman–Crippen LogP) is 3.66. The summed E-state index contributed by atoms with van der Waals surface area (Å²) in [5.41, 5.74) is -1.55. The quantitative estimate of drug-likeness (QED) is 0.270. The molecule has 0 bridgehead atoms. The maximum Gasteiger partial charge on any atom is 0.319 e. The normalized spacial score (nSPS) is 33.1. The number of cyclic esters (lactones) is 1. The van der Waals surface area contributed by atoms with Crippen LogP contribution in [0.25, 0.3) is 0 Å². The number of Topliss-reactive ketones (excluding diaryl/α,β-unsaturated/α-hetero) is 1. The van der Waals surface area contributed by atoms with E-state index < -0.39 is 58.0 Å². The number of hydrogen-bond acceptors (Lipinski definition) is 11. The first-order valence-corrected chi connectivity index (χ1v) is 20.7. The van der Waals surface area contributed by atoms with Crippen molar-refractivity contribution < 1.29 is 41.7 Å². The minimum Gasteiger partial charge on any atom is -0.460 e. The lowest BCUT2D eigenvalue weighted by molar-refractivity contribution is -0.246. The molecule has 4 rings (SSSR count). The molecule has 53 heavy (non-hydrogen) atoms. The summed E-state index contributed by atoms with van der Waals surface area (Å²) in [5, 5.41) is 0. The number of ketones is 1. The molecular weight excluding hydrogens is 701 g/mol. The number of piperazine rings is 1. The molecule has 14 heteroatoms. The van der Waals surface area contributed by atoms with Gasteiger partial charge in [-0.15, -0.1) is 0 Å². The smallest absolute Gasteiger partial charge is 0.319 e. The Hall–Kier alpha value is -2.46. The van der Waals surface area contributed by atoms with Crippen LogP contribution >= 0.6 is 0 Å². The molecule has 0 saturated carbocycles. The van der Waals surface area contributed by atoms with Crippen molar-refractivity contribution in [2.75, 3.05) is 60.5 Å². The molecule has 0 radical (unpaired) electrons. The number of sulfonamides is 1. The van der Waals surface area contributed by atoms with Gasteiger partial charge in [0.1, 0.15) is 17.6 Å². The van der Waals surface area contributed by atoms with Gasteiger partial charge in [-0.3, -0.25) is 19.3 Å². The van der Waals surface area contributed by atoms with Gasteiger partial charge < -0.3 is 28.7 Å². The molecule has 0 spiro atoms. The monoisotopic (exact) mass is 764 g/mol. The third kappa shape index (κ3) is 10.2. The van der Waals surface area contributed by atoms with Crippen molar-refractivity contribution in [3.8, 4) is 0 Å². The number of hydrogen-bond donors (Lipinski definition) is 0. The van der Waals surface area contributed by atoms with Gasteiger partial charge in [-0.1, -0.05) is 39.0 Å². The van der Waals surface area contributed by atoms with Crippen LogP contribution in [-0.4, -0.2) is 148 Å². The van der Waals surface area contributed by atoms with Gasteiger partial charge >= 0.3 is 5.97 Å². The lowest BCUT2D eigenvalue weighted by atomic mass is 9.78. The summed E-state index contributed by atoms with van der Waals surface area (Å²) in [4.78, 5) is 49.0. The third-order valence-corrected chi connectivity index (χ3v) is 13.1. The lowest BCUT2D eigenvalue weighted by Crippen LogP contribution is -2.60. The number of ether oxygens (including phenoxy) is 4. The molecule has 3 fully saturated rings. The molecule has 0 N–H and O–H groups in total. The summed E-state index contributed by atoms with van der Waals surface area (Å²) in [5.74, 6) is -2.05. The van der Waals surface area contributed by atoms with Crippen LogP contribution in [0.2, 0.25) is 0 Å². The number of esters is 1. The van der Waals surface area contributed by atoms with Crippen molar-refractivity contribution in [1.29, 1.82) is 0 Å². The van der Waals surface area contributed by atoms with Gasteiger partial charge in [0.05, 0.1) is 23.2 Å². The van der Waals surface area contributed by atoms with Crippen molar-refractivity contribution in [2.45, 2.75) is 122 Å². The highest BCUT2D eigenvalue weighted by molar-refractivity contribution is 7.89. The Labute approximate surface area is 317 Å². The average molecular weight is 765 g/mol. The fourth-order valence-electron chi connectivity index (χ4n) is 8.08. The van der Waals surface area contributed by atoms with Gasteiger partial charge in [0, 0.05) is 58.2 Å². The number of carbonyl (C=O) groups is 3. The van der Waals surface area contributed by atoms with Crippen LogP contribution in [-0.2, 0) is 43.4 Å². The molecule has 3 heterocycles.